The highest BCUT2D eigenvalue weighted by atomic mass is 16.7. The fraction of sp³-hybridized carbons (Fsp3) is 0.833. The summed E-state index contributed by atoms with van der Waals surface area (Å²) in [5, 5.41) is 8.51. The topological polar surface area (TPSA) is 55.8 Å². The minimum atomic E-state index is -1.49. The van der Waals surface area contributed by atoms with E-state index in [0.29, 0.717) is 6.61 Å². The van der Waals surface area contributed by atoms with Crippen LogP contribution in [-0.4, -0.2) is 30.6 Å². The molecule has 0 aliphatic heterocycles. The molecule has 1 unspecified atom stereocenters. The van der Waals surface area contributed by atoms with Crippen LogP contribution in [-0.2, 0) is 14.3 Å². The molecular weight excluding hydrogens is 136 g/mol. The van der Waals surface area contributed by atoms with E-state index < -0.39 is 11.8 Å². The summed E-state index contributed by atoms with van der Waals surface area (Å²) < 4.78 is 9.44. The van der Waals surface area contributed by atoms with Crippen LogP contribution in [0.1, 0.15) is 13.8 Å². The molecule has 0 amide bonds. The van der Waals surface area contributed by atoms with Gasteiger partial charge in [-0.25, -0.2) is 4.79 Å². The van der Waals surface area contributed by atoms with Crippen molar-refractivity contribution in [2.45, 2.75) is 19.6 Å². The van der Waals surface area contributed by atoms with Crippen molar-refractivity contribution in [2.75, 3.05) is 13.7 Å². The largest absolute Gasteiger partial charge is 0.477 e. The van der Waals surface area contributed by atoms with E-state index in [1.54, 1.807) is 6.92 Å². The second-order valence-electron chi connectivity index (χ2n) is 1.89. The van der Waals surface area contributed by atoms with Gasteiger partial charge in [0.2, 0.25) is 0 Å². The lowest BCUT2D eigenvalue weighted by molar-refractivity contribution is -0.225. The average Bonchev–Trinajstić information content (AvgIpc) is 1.88. The third kappa shape index (κ3) is 1.97. The number of aliphatic carboxylic acids is 1. The van der Waals surface area contributed by atoms with Gasteiger partial charge in [0, 0.05) is 20.6 Å². The van der Waals surface area contributed by atoms with Crippen molar-refractivity contribution < 1.29 is 19.4 Å². The van der Waals surface area contributed by atoms with Crippen LogP contribution in [0.3, 0.4) is 0 Å². The lowest BCUT2D eigenvalue weighted by Crippen LogP contribution is -2.40. The maximum Gasteiger partial charge on any atom is 0.364 e. The predicted molar refractivity (Wildman–Crippen MR) is 34.7 cm³/mol. The van der Waals surface area contributed by atoms with Crippen LogP contribution in [0, 0.1) is 0 Å². The molecular formula is C6H12O4. The first-order chi connectivity index (χ1) is 4.56. The molecule has 0 spiro atoms. The van der Waals surface area contributed by atoms with E-state index in [1.165, 1.54) is 14.0 Å². The third-order valence-corrected chi connectivity index (χ3v) is 1.20. The summed E-state index contributed by atoms with van der Waals surface area (Å²) in [4.78, 5) is 10.4. The van der Waals surface area contributed by atoms with E-state index >= 15 is 0 Å². The van der Waals surface area contributed by atoms with Crippen molar-refractivity contribution >= 4 is 5.97 Å². The van der Waals surface area contributed by atoms with Gasteiger partial charge >= 0.3 is 5.97 Å². The highest BCUT2D eigenvalue weighted by Gasteiger charge is 2.33. The van der Waals surface area contributed by atoms with Gasteiger partial charge in [0.05, 0.1) is 0 Å². The lowest BCUT2D eigenvalue weighted by atomic mass is 10.3. The van der Waals surface area contributed by atoms with Crippen LogP contribution in [0.2, 0.25) is 0 Å². The number of hydrogen-bond donors (Lipinski definition) is 1. The molecule has 0 heterocycles. The van der Waals surface area contributed by atoms with Crippen LogP contribution in [0.15, 0.2) is 0 Å². The molecule has 0 saturated heterocycles. The number of carbonyl (C=O) groups is 1. The molecule has 0 saturated carbocycles. The van der Waals surface area contributed by atoms with Crippen LogP contribution in [0.25, 0.3) is 0 Å². The van der Waals surface area contributed by atoms with E-state index in [0.717, 1.165) is 0 Å². The average molecular weight is 148 g/mol. The fourth-order valence-electron chi connectivity index (χ4n) is 0.483. The van der Waals surface area contributed by atoms with Crippen molar-refractivity contribution in [1.82, 2.24) is 0 Å². The van der Waals surface area contributed by atoms with E-state index in [2.05, 4.69) is 4.74 Å². The third-order valence-electron chi connectivity index (χ3n) is 1.20. The Kier molecular flexibility index (Phi) is 3.32. The van der Waals surface area contributed by atoms with Crippen molar-refractivity contribution in [3.63, 3.8) is 0 Å². The summed E-state index contributed by atoms with van der Waals surface area (Å²) in [6.45, 7) is 3.38. The van der Waals surface area contributed by atoms with Crippen LogP contribution in [0.4, 0.5) is 0 Å². The summed E-state index contributed by atoms with van der Waals surface area (Å²) in [7, 11) is 1.30. The van der Waals surface area contributed by atoms with Crippen LogP contribution >= 0.6 is 0 Å². The Balaban J connectivity index is 4.08. The number of ether oxygens (including phenoxy) is 2. The summed E-state index contributed by atoms with van der Waals surface area (Å²) in [6, 6.07) is 0. The van der Waals surface area contributed by atoms with Crippen molar-refractivity contribution in [3.8, 4) is 0 Å². The molecule has 0 rings (SSSR count). The highest BCUT2D eigenvalue weighted by Crippen LogP contribution is 2.10. The number of methoxy groups -OCH3 is 1. The van der Waals surface area contributed by atoms with Gasteiger partial charge in [-0.1, -0.05) is 0 Å². The predicted octanol–water partition coefficient (Wildman–Crippen LogP) is 0.470. The molecule has 0 aromatic heterocycles. The van der Waals surface area contributed by atoms with Gasteiger partial charge in [-0.3, -0.25) is 0 Å². The van der Waals surface area contributed by atoms with Crippen molar-refractivity contribution in [2.24, 2.45) is 0 Å². The Hall–Kier alpha value is -0.610. The maximum atomic E-state index is 10.4. The first-order valence-corrected chi connectivity index (χ1v) is 2.99. The van der Waals surface area contributed by atoms with Crippen molar-refractivity contribution in [3.05, 3.63) is 0 Å². The molecule has 10 heavy (non-hydrogen) atoms. The van der Waals surface area contributed by atoms with E-state index in [9.17, 15) is 4.79 Å². The Morgan fingerprint density at radius 1 is 1.70 bits per heavy atom. The Morgan fingerprint density at radius 3 is 2.30 bits per heavy atom. The second-order valence-corrected chi connectivity index (χ2v) is 1.89. The second kappa shape index (κ2) is 3.53. The first kappa shape index (κ1) is 9.39. The van der Waals surface area contributed by atoms with Crippen LogP contribution in [0.5, 0.6) is 0 Å². The zero-order chi connectivity index (χ0) is 8.20. The van der Waals surface area contributed by atoms with Gasteiger partial charge in [-0.05, 0) is 6.92 Å². The fourth-order valence-corrected chi connectivity index (χ4v) is 0.483. The molecule has 0 aromatic carbocycles. The first-order valence-electron chi connectivity index (χ1n) is 2.99. The molecule has 4 nitrogen and oxygen atoms in total. The molecule has 0 aliphatic carbocycles. The van der Waals surface area contributed by atoms with Gasteiger partial charge in [0.1, 0.15) is 0 Å². The minimum Gasteiger partial charge on any atom is -0.477 e. The zero-order valence-corrected chi connectivity index (χ0v) is 6.38. The molecule has 1 N–H and O–H groups in total. The smallest absolute Gasteiger partial charge is 0.364 e. The summed E-state index contributed by atoms with van der Waals surface area (Å²) in [5.74, 6) is -2.61. The molecule has 0 aromatic rings. The van der Waals surface area contributed by atoms with Crippen LogP contribution < -0.4 is 0 Å². The standard InChI is InChI=1S/C6H12O4/c1-4-10-6(2,9-3)5(7)8/h4H2,1-3H3,(H,7,8). The number of hydrogen-bond acceptors (Lipinski definition) is 3. The number of carboxylic acid groups (broad SMARTS) is 1. The summed E-state index contributed by atoms with van der Waals surface area (Å²) >= 11 is 0. The normalized spacial score (nSPS) is 16.3. The van der Waals surface area contributed by atoms with Gasteiger partial charge in [0.25, 0.3) is 5.79 Å². The lowest BCUT2D eigenvalue weighted by Gasteiger charge is -2.21. The molecule has 0 radical (unpaired) electrons. The summed E-state index contributed by atoms with van der Waals surface area (Å²) in [6.07, 6.45) is 0. The van der Waals surface area contributed by atoms with Gasteiger partial charge in [-0.2, -0.15) is 0 Å². The number of carboxylic acids is 1. The van der Waals surface area contributed by atoms with Gasteiger partial charge in [-0.15, -0.1) is 0 Å². The Bertz CT molecular complexity index is 123. The van der Waals surface area contributed by atoms with E-state index in [4.69, 9.17) is 9.84 Å². The molecule has 4 heteroatoms. The summed E-state index contributed by atoms with van der Waals surface area (Å²) in [5.41, 5.74) is 0. The molecule has 0 fully saturated rings. The monoisotopic (exact) mass is 148 g/mol. The van der Waals surface area contributed by atoms with Crippen molar-refractivity contribution in [1.29, 1.82) is 0 Å². The maximum absolute atomic E-state index is 10.4. The number of rotatable bonds is 4. The van der Waals surface area contributed by atoms with E-state index in [-0.39, 0.29) is 0 Å². The van der Waals surface area contributed by atoms with Gasteiger partial charge < -0.3 is 14.6 Å². The zero-order valence-electron chi connectivity index (χ0n) is 6.38. The minimum absolute atomic E-state index is 0.316. The van der Waals surface area contributed by atoms with Gasteiger partial charge in [0.15, 0.2) is 0 Å². The van der Waals surface area contributed by atoms with E-state index in [1.807, 2.05) is 0 Å². The Morgan fingerprint density at radius 2 is 2.20 bits per heavy atom. The highest BCUT2D eigenvalue weighted by molar-refractivity contribution is 5.75. The molecule has 0 aliphatic rings. The SMILES string of the molecule is CCOC(C)(OC)C(=O)O. The molecule has 60 valence electrons. The molecule has 1 atom stereocenters. The quantitative estimate of drug-likeness (QED) is 0.589. The Labute approximate surface area is 59.7 Å². The molecule has 0 bridgehead atoms.